The van der Waals surface area contributed by atoms with Crippen LogP contribution in [0.1, 0.15) is 29.7 Å². The molecule has 2 N–H and O–H groups in total. The zero-order chi connectivity index (χ0) is 14.7. The van der Waals surface area contributed by atoms with Gasteiger partial charge in [-0.1, -0.05) is 23.7 Å². The van der Waals surface area contributed by atoms with Crippen LogP contribution in [0.5, 0.6) is 5.75 Å². The van der Waals surface area contributed by atoms with Crippen molar-refractivity contribution in [2.75, 3.05) is 0 Å². The van der Waals surface area contributed by atoms with Crippen LogP contribution in [0.25, 0.3) is 0 Å². The SMILES string of the molecule is Cc1cc([C@H](C)N)ccc1OCc1cc(F)ccc1Cl. The Morgan fingerprint density at radius 1 is 1.25 bits per heavy atom. The van der Waals surface area contributed by atoms with Gasteiger partial charge < -0.3 is 10.5 Å². The van der Waals surface area contributed by atoms with Crippen LogP contribution in [0.15, 0.2) is 36.4 Å². The van der Waals surface area contributed by atoms with Crippen LogP contribution in [0.2, 0.25) is 5.02 Å². The Kier molecular flexibility index (Phi) is 4.63. The van der Waals surface area contributed by atoms with E-state index in [1.807, 2.05) is 32.0 Å². The second-order valence-electron chi connectivity index (χ2n) is 4.84. The molecule has 0 heterocycles. The van der Waals surface area contributed by atoms with Crippen molar-refractivity contribution in [3.05, 3.63) is 63.9 Å². The van der Waals surface area contributed by atoms with Crippen molar-refractivity contribution in [3.8, 4) is 5.75 Å². The maximum absolute atomic E-state index is 13.2. The van der Waals surface area contributed by atoms with E-state index in [0.717, 1.165) is 16.9 Å². The Morgan fingerprint density at radius 3 is 2.65 bits per heavy atom. The Morgan fingerprint density at radius 2 is 2.00 bits per heavy atom. The molecule has 2 aromatic rings. The van der Waals surface area contributed by atoms with E-state index in [-0.39, 0.29) is 18.5 Å². The van der Waals surface area contributed by atoms with Gasteiger partial charge in [-0.3, -0.25) is 0 Å². The molecule has 20 heavy (non-hydrogen) atoms. The highest BCUT2D eigenvalue weighted by Crippen LogP contribution is 2.24. The maximum Gasteiger partial charge on any atom is 0.123 e. The van der Waals surface area contributed by atoms with Gasteiger partial charge in [0.1, 0.15) is 18.2 Å². The van der Waals surface area contributed by atoms with Crippen molar-refractivity contribution in [2.45, 2.75) is 26.5 Å². The number of halogens is 2. The third-order valence-corrected chi connectivity index (χ3v) is 3.48. The summed E-state index contributed by atoms with van der Waals surface area (Å²) in [6.07, 6.45) is 0. The van der Waals surface area contributed by atoms with E-state index in [9.17, 15) is 4.39 Å². The molecule has 0 aromatic heterocycles. The fourth-order valence-electron chi connectivity index (χ4n) is 1.93. The lowest BCUT2D eigenvalue weighted by Crippen LogP contribution is -2.05. The van der Waals surface area contributed by atoms with Gasteiger partial charge in [0.15, 0.2) is 0 Å². The van der Waals surface area contributed by atoms with Gasteiger partial charge in [0.2, 0.25) is 0 Å². The lowest BCUT2D eigenvalue weighted by atomic mass is 10.1. The smallest absolute Gasteiger partial charge is 0.123 e. The van der Waals surface area contributed by atoms with E-state index >= 15 is 0 Å². The van der Waals surface area contributed by atoms with Crippen molar-refractivity contribution in [3.63, 3.8) is 0 Å². The molecule has 0 spiro atoms. The summed E-state index contributed by atoms with van der Waals surface area (Å²) in [5.41, 5.74) is 8.51. The standard InChI is InChI=1S/C16H17ClFNO/c1-10-7-12(11(2)19)3-6-16(10)20-9-13-8-14(18)4-5-15(13)17/h3-8,11H,9,19H2,1-2H3/t11-/m0/s1. The molecule has 0 aliphatic rings. The fourth-order valence-corrected chi connectivity index (χ4v) is 2.10. The summed E-state index contributed by atoms with van der Waals surface area (Å²) in [6, 6.07) is 10.0. The third-order valence-electron chi connectivity index (χ3n) is 3.12. The van der Waals surface area contributed by atoms with E-state index in [4.69, 9.17) is 22.1 Å². The van der Waals surface area contributed by atoms with Crippen LogP contribution >= 0.6 is 11.6 Å². The monoisotopic (exact) mass is 293 g/mol. The second kappa shape index (κ2) is 6.25. The van der Waals surface area contributed by atoms with Crippen LogP contribution in [-0.2, 0) is 6.61 Å². The van der Waals surface area contributed by atoms with Crippen LogP contribution < -0.4 is 10.5 Å². The largest absolute Gasteiger partial charge is 0.489 e. The number of rotatable bonds is 4. The highest BCUT2D eigenvalue weighted by atomic mass is 35.5. The van der Waals surface area contributed by atoms with Crippen LogP contribution in [-0.4, -0.2) is 0 Å². The summed E-state index contributed by atoms with van der Waals surface area (Å²) in [5, 5.41) is 0.497. The summed E-state index contributed by atoms with van der Waals surface area (Å²) in [4.78, 5) is 0. The highest BCUT2D eigenvalue weighted by Gasteiger charge is 2.07. The first-order chi connectivity index (χ1) is 9.47. The molecule has 106 valence electrons. The Bertz CT molecular complexity index is 613. The lowest BCUT2D eigenvalue weighted by Gasteiger charge is -2.13. The molecular formula is C16H17ClFNO. The third kappa shape index (κ3) is 3.50. The van der Waals surface area contributed by atoms with Crippen molar-refractivity contribution >= 4 is 11.6 Å². The average molecular weight is 294 g/mol. The number of aryl methyl sites for hydroxylation is 1. The topological polar surface area (TPSA) is 35.2 Å². The summed E-state index contributed by atoms with van der Waals surface area (Å²) >= 11 is 6.01. The van der Waals surface area contributed by atoms with Crippen molar-refractivity contribution in [1.82, 2.24) is 0 Å². The molecule has 2 rings (SSSR count). The van der Waals surface area contributed by atoms with Crippen LogP contribution in [0.4, 0.5) is 4.39 Å². The Labute approximate surface area is 123 Å². The predicted molar refractivity (Wildman–Crippen MR) is 79.5 cm³/mol. The number of hydrogen-bond donors (Lipinski definition) is 1. The van der Waals surface area contributed by atoms with Gasteiger partial charge >= 0.3 is 0 Å². The predicted octanol–water partition coefficient (Wildman–Crippen LogP) is 4.39. The van der Waals surface area contributed by atoms with Gasteiger partial charge in [0.05, 0.1) is 0 Å². The van der Waals surface area contributed by atoms with Gasteiger partial charge in [-0.05, 0) is 49.2 Å². The van der Waals surface area contributed by atoms with E-state index in [1.165, 1.54) is 18.2 Å². The van der Waals surface area contributed by atoms with Crippen LogP contribution in [0, 0.1) is 12.7 Å². The van der Waals surface area contributed by atoms with Gasteiger partial charge in [-0.2, -0.15) is 0 Å². The molecule has 0 amide bonds. The summed E-state index contributed by atoms with van der Waals surface area (Å²) in [7, 11) is 0. The molecule has 0 fully saturated rings. The molecule has 4 heteroatoms. The number of benzene rings is 2. The Balaban J connectivity index is 2.13. The molecule has 0 aliphatic heterocycles. The Hall–Kier alpha value is -1.58. The lowest BCUT2D eigenvalue weighted by molar-refractivity contribution is 0.303. The number of ether oxygens (including phenoxy) is 1. The zero-order valence-corrected chi connectivity index (χ0v) is 12.2. The maximum atomic E-state index is 13.2. The second-order valence-corrected chi connectivity index (χ2v) is 5.25. The molecule has 0 radical (unpaired) electrons. The van der Waals surface area contributed by atoms with Gasteiger partial charge in [0, 0.05) is 16.6 Å². The first kappa shape index (κ1) is 14.8. The molecule has 0 aliphatic carbocycles. The van der Waals surface area contributed by atoms with Gasteiger partial charge in [-0.25, -0.2) is 4.39 Å². The van der Waals surface area contributed by atoms with Crippen molar-refractivity contribution < 1.29 is 9.13 Å². The normalized spacial score (nSPS) is 12.2. The minimum Gasteiger partial charge on any atom is -0.489 e. The van der Waals surface area contributed by atoms with Crippen molar-refractivity contribution in [1.29, 1.82) is 0 Å². The van der Waals surface area contributed by atoms with Crippen molar-refractivity contribution in [2.24, 2.45) is 5.73 Å². The molecule has 2 aromatic carbocycles. The average Bonchev–Trinajstić information content (AvgIpc) is 2.40. The van der Waals surface area contributed by atoms with Crippen LogP contribution in [0.3, 0.4) is 0 Å². The minimum absolute atomic E-state index is 0.0135. The minimum atomic E-state index is -0.322. The molecule has 0 unspecified atom stereocenters. The highest BCUT2D eigenvalue weighted by molar-refractivity contribution is 6.31. The summed E-state index contributed by atoms with van der Waals surface area (Å²) in [6.45, 7) is 4.12. The molecule has 0 bridgehead atoms. The van der Waals surface area contributed by atoms with Gasteiger partial charge in [-0.15, -0.1) is 0 Å². The van der Waals surface area contributed by atoms with E-state index < -0.39 is 0 Å². The number of hydrogen-bond acceptors (Lipinski definition) is 2. The molecule has 0 saturated heterocycles. The molecule has 1 atom stereocenters. The quantitative estimate of drug-likeness (QED) is 0.907. The molecule has 2 nitrogen and oxygen atoms in total. The number of nitrogens with two attached hydrogens (primary N) is 1. The zero-order valence-electron chi connectivity index (χ0n) is 11.5. The first-order valence-electron chi connectivity index (χ1n) is 6.40. The fraction of sp³-hybridized carbons (Fsp3) is 0.250. The van der Waals surface area contributed by atoms with Gasteiger partial charge in [0.25, 0.3) is 0 Å². The van der Waals surface area contributed by atoms with E-state index in [1.54, 1.807) is 0 Å². The molecule has 0 saturated carbocycles. The molecular weight excluding hydrogens is 277 g/mol. The summed E-state index contributed by atoms with van der Waals surface area (Å²) < 4.78 is 18.9. The summed E-state index contributed by atoms with van der Waals surface area (Å²) in [5.74, 6) is 0.423. The van der Waals surface area contributed by atoms with E-state index in [0.29, 0.717) is 10.6 Å². The van der Waals surface area contributed by atoms with E-state index in [2.05, 4.69) is 0 Å². The first-order valence-corrected chi connectivity index (χ1v) is 6.78.